The molecule has 1 saturated heterocycles. The van der Waals surface area contributed by atoms with Crippen LogP contribution < -0.4 is 0 Å². The molecule has 0 unspecified atom stereocenters. The van der Waals surface area contributed by atoms with Crippen LogP contribution in [-0.2, 0) is 11.3 Å². The Balaban J connectivity index is 1.43. The van der Waals surface area contributed by atoms with Gasteiger partial charge in [-0.05, 0) is 31.2 Å². The topological polar surface area (TPSA) is 51.1 Å². The Labute approximate surface area is 134 Å². The lowest BCUT2D eigenvalue weighted by Gasteiger charge is -2.23. The molecular weight excluding hydrogens is 296 g/mol. The number of rotatable bonds is 6. The summed E-state index contributed by atoms with van der Waals surface area (Å²) in [6.07, 6.45) is 7.38. The van der Waals surface area contributed by atoms with E-state index in [0.717, 1.165) is 48.9 Å². The molecule has 0 spiro atoms. The molecule has 4 rings (SSSR count). The second-order valence-corrected chi connectivity index (χ2v) is 6.96. The molecule has 2 aromatic heterocycles. The third-order valence-electron chi connectivity index (χ3n) is 4.25. The molecule has 0 amide bonds. The van der Waals surface area contributed by atoms with Crippen LogP contribution in [0.1, 0.15) is 25.0 Å². The number of nitrogens with zero attached hydrogens (tertiary/aromatic N) is 4. The van der Waals surface area contributed by atoms with Gasteiger partial charge in [-0.1, -0.05) is 0 Å². The van der Waals surface area contributed by atoms with E-state index in [1.807, 2.05) is 6.07 Å². The predicted molar refractivity (Wildman–Crippen MR) is 85.5 cm³/mol. The monoisotopic (exact) mass is 316 g/mol. The summed E-state index contributed by atoms with van der Waals surface area (Å²) in [4.78, 5) is 15.9. The van der Waals surface area contributed by atoms with E-state index in [9.17, 15) is 0 Å². The van der Waals surface area contributed by atoms with Crippen LogP contribution in [0.25, 0.3) is 10.8 Å². The lowest BCUT2D eigenvalue weighted by atomic mass is 10.1. The normalized spacial score (nSPS) is 21.6. The zero-order chi connectivity index (χ0) is 14.8. The van der Waals surface area contributed by atoms with E-state index in [-0.39, 0.29) is 0 Å². The fraction of sp³-hybridized carbons (Fsp3) is 0.562. The van der Waals surface area contributed by atoms with E-state index in [1.54, 1.807) is 23.7 Å². The van der Waals surface area contributed by atoms with Crippen molar-refractivity contribution in [2.24, 2.45) is 5.92 Å². The highest BCUT2D eigenvalue weighted by atomic mass is 32.1. The van der Waals surface area contributed by atoms with Gasteiger partial charge in [0, 0.05) is 43.5 Å². The van der Waals surface area contributed by atoms with Gasteiger partial charge in [0.15, 0.2) is 10.8 Å². The second-order valence-electron chi connectivity index (χ2n) is 6.11. The minimum atomic E-state index is 0.691. The lowest BCUT2D eigenvalue weighted by molar-refractivity contribution is 0.161. The van der Waals surface area contributed by atoms with Gasteiger partial charge in [0.1, 0.15) is 0 Å². The van der Waals surface area contributed by atoms with E-state index in [2.05, 4.69) is 20.2 Å². The van der Waals surface area contributed by atoms with Gasteiger partial charge in [-0.2, -0.15) is 0 Å². The Morgan fingerprint density at radius 1 is 1.23 bits per heavy atom. The SMILES string of the molecule is c1cnc(-c2nc(CN(C[C@H]3CCOC3)C3CC3)cs2)nc1. The summed E-state index contributed by atoms with van der Waals surface area (Å²) in [5.74, 6) is 1.41. The van der Waals surface area contributed by atoms with E-state index in [0.29, 0.717) is 5.92 Å². The minimum absolute atomic E-state index is 0.691. The molecule has 1 aliphatic carbocycles. The highest BCUT2D eigenvalue weighted by Gasteiger charge is 2.32. The van der Waals surface area contributed by atoms with Gasteiger partial charge in [0.05, 0.1) is 12.3 Å². The first-order chi connectivity index (χ1) is 10.9. The van der Waals surface area contributed by atoms with Crippen LogP contribution in [0.15, 0.2) is 23.8 Å². The third-order valence-corrected chi connectivity index (χ3v) is 5.14. The summed E-state index contributed by atoms with van der Waals surface area (Å²) >= 11 is 1.63. The van der Waals surface area contributed by atoms with Crippen LogP contribution in [-0.4, -0.2) is 45.7 Å². The average molecular weight is 316 g/mol. The Hall–Kier alpha value is -1.37. The summed E-state index contributed by atoms with van der Waals surface area (Å²) in [7, 11) is 0. The van der Waals surface area contributed by atoms with Crippen molar-refractivity contribution in [3.8, 4) is 10.8 Å². The summed E-state index contributed by atoms with van der Waals surface area (Å²) in [6.45, 7) is 3.92. The van der Waals surface area contributed by atoms with Gasteiger partial charge in [-0.25, -0.2) is 15.0 Å². The van der Waals surface area contributed by atoms with E-state index < -0.39 is 0 Å². The molecule has 2 aliphatic rings. The maximum atomic E-state index is 5.51. The standard InChI is InChI=1S/C16H20N4OS/c1-5-17-15(18-6-1)16-19-13(11-22-16)9-20(14-2-3-14)8-12-4-7-21-10-12/h1,5-6,11-12,14H,2-4,7-10H2/t12-/m1/s1. The molecule has 0 N–H and O–H groups in total. The van der Waals surface area contributed by atoms with Crippen molar-refractivity contribution in [1.82, 2.24) is 19.9 Å². The zero-order valence-corrected chi connectivity index (χ0v) is 13.3. The number of ether oxygens (including phenoxy) is 1. The lowest BCUT2D eigenvalue weighted by Crippen LogP contribution is -2.31. The van der Waals surface area contributed by atoms with Crippen LogP contribution in [0.2, 0.25) is 0 Å². The van der Waals surface area contributed by atoms with Crippen molar-refractivity contribution in [3.05, 3.63) is 29.5 Å². The van der Waals surface area contributed by atoms with E-state index in [1.165, 1.54) is 19.3 Å². The van der Waals surface area contributed by atoms with E-state index >= 15 is 0 Å². The largest absolute Gasteiger partial charge is 0.381 e. The predicted octanol–water partition coefficient (Wildman–Crippen LogP) is 2.60. The highest BCUT2D eigenvalue weighted by molar-refractivity contribution is 7.13. The first-order valence-electron chi connectivity index (χ1n) is 7.92. The zero-order valence-electron chi connectivity index (χ0n) is 12.5. The fourth-order valence-electron chi connectivity index (χ4n) is 2.94. The molecule has 3 heterocycles. The van der Waals surface area contributed by atoms with Crippen LogP contribution >= 0.6 is 11.3 Å². The van der Waals surface area contributed by atoms with Crippen molar-refractivity contribution in [1.29, 1.82) is 0 Å². The van der Waals surface area contributed by atoms with Gasteiger partial charge in [0.25, 0.3) is 0 Å². The van der Waals surface area contributed by atoms with Crippen molar-refractivity contribution < 1.29 is 4.74 Å². The Bertz CT molecular complexity index is 608. The Morgan fingerprint density at radius 3 is 2.82 bits per heavy atom. The average Bonchev–Trinajstić information content (AvgIpc) is 3.08. The van der Waals surface area contributed by atoms with Gasteiger partial charge in [-0.3, -0.25) is 4.90 Å². The molecule has 22 heavy (non-hydrogen) atoms. The number of hydrogen-bond acceptors (Lipinski definition) is 6. The molecule has 0 radical (unpaired) electrons. The minimum Gasteiger partial charge on any atom is -0.381 e. The Morgan fingerprint density at radius 2 is 2.09 bits per heavy atom. The third kappa shape index (κ3) is 3.34. The smallest absolute Gasteiger partial charge is 0.188 e. The molecule has 6 heteroatoms. The second kappa shape index (κ2) is 6.40. The van der Waals surface area contributed by atoms with Crippen molar-refractivity contribution >= 4 is 11.3 Å². The van der Waals surface area contributed by atoms with Crippen LogP contribution in [0.3, 0.4) is 0 Å². The summed E-state index contributed by atoms with van der Waals surface area (Å²) in [6, 6.07) is 2.58. The van der Waals surface area contributed by atoms with Crippen molar-refractivity contribution in [2.75, 3.05) is 19.8 Å². The van der Waals surface area contributed by atoms with Crippen molar-refractivity contribution in [3.63, 3.8) is 0 Å². The molecule has 2 fully saturated rings. The molecule has 116 valence electrons. The summed E-state index contributed by atoms with van der Waals surface area (Å²) < 4.78 is 5.51. The number of thiazole rings is 1. The quantitative estimate of drug-likeness (QED) is 0.820. The summed E-state index contributed by atoms with van der Waals surface area (Å²) in [5.41, 5.74) is 1.14. The first kappa shape index (κ1) is 14.2. The molecule has 1 aliphatic heterocycles. The highest BCUT2D eigenvalue weighted by Crippen LogP contribution is 2.31. The fourth-order valence-corrected chi connectivity index (χ4v) is 3.70. The van der Waals surface area contributed by atoms with Gasteiger partial charge in [0.2, 0.25) is 0 Å². The van der Waals surface area contributed by atoms with E-state index in [4.69, 9.17) is 9.72 Å². The molecule has 2 aromatic rings. The molecule has 0 bridgehead atoms. The van der Waals surface area contributed by atoms with Crippen molar-refractivity contribution in [2.45, 2.75) is 31.8 Å². The molecule has 1 saturated carbocycles. The van der Waals surface area contributed by atoms with Gasteiger partial charge >= 0.3 is 0 Å². The maximum Gasteiger partial charge on any atom is 0.188 e. The molecule has 1 atom stereocenters. The van der Waals surface area contributed by atoms with Crippen LogP contribution in [0.5, 0.6) is 0 Å². The van der Waals surface area contributed by atoms with Crippen LogP contribution in [0, 0.1) is 5.92 Å². The van der Waals surface area contributed by atoms with Gasteiger partial charge < -0.3 is 4.74 Å². The van der Waals surface area contributed by atoms with Gasteiger partial charge in [-0.15, -0.1) is 11.3 Å². The molecular formula is C16H20N4OS. The number of aromatic nitrogens is 3. The van der Waals surface area contributed by atoms with Crippen LogP contribution in [0.4, 0.5) is 0 Å². The molecule has 0 aromatic carbocycles. The first-order valence-corrected chi connectivity index (χ1v) is 8.80. The molecule has 5 nitrogen and oxygen atoms in total. The Kier molecular flexibility index (Phi) is 4.14. The number of hydrogen-bond donors (Lipinski definition) is 0. The summed E-state index contributed by atoms with van der Waals surface area (Å²) in [5, 5.41) is 3.06. The maximum absolute atomic E-state index is 5.51.